The van der Waals surface area contributed by atoms with E-state index in [1.807, 2.05) is 0 Å². The second-order valence-electron chi connectivity index (χ2n) is 4.19. The number of para-hydroxylation sites is 1. The number of rotatable bonds is 4. The highest BCUT2D eigenvalue weighted by Crippen LogP contribution is 2.21. The van der Waals surface area contributed by atoms with Gasteiger partial charge in [-0.15, -0.1) is 0 Å². The van der Waals surface area contributed by atoms with Crippen LogP contribution >= 0.6 is 0 Å². The van der Waals surface area contributed by atoms with Gasteiger partial charge in [-0.3, -0.25) is 14.9 Å². The summed E-state index contributed by atoms with van der Waals surface area (Å²) in [6, 6.07) is 5.96. The standard InChI is InChI=1S/C12H11N3O5/c16-11-6-5-9(12(17)18)13-14(11)7-8-3-1-2-4-10(8)15(19)20/h1-4H,5-7H2,(H,17,18). The minimum absolute atomic E-state index is 0.0335. The molecule has 0 fully saturated rings. The van der Waals surface area contributed by atoms with Crippen LogP contribution in [-0.2, 0) is 16.1 Å². The molecule has 0 spiro atoms. The van der Waals surface area contributed by atoms with Crippen LogP contribution in [0, 0.1) is 10.1 Å². The number of nitro groups is 1. The fraction of sp³-hybridized carbons (Fsp3) is 0.250. The average molecular weight is 277 g/mol. The topological polar surface area (TPSA) is 113 Å². The van der Waals surface area contributed by atoms with Crippen molar-refractivity contribution in [3.63, 3.8) is 0 Å². The summed E-state index contributed by atoms with van der Waals surface area (Å²) < 4.78 is 0. The molecular formula is C12H11N3O5. The number of hydrogen-bond acceptors (Lipinski definition) is 5. The van der Waals surface area contributed by atoms with Crippen LogP contribution in [0.1, 0.15) is 18.4 Å². The number of nitrogens with zero attached hydrogens (tertiary/aromatic N) is 3. The van der Waals surface area contributed by atoms with E-state index in [1.165, 1.54) is 18.2 Å². The van der Waals surface area contributed by atoms with Crippen LogP contribution in [0.3, 0.4) is 0 Å². The van der Waals surface area contributed by atoms with E-state index < -0.39 is 10.9 Å². The summed E-state index contributed by atoms with van der Waals surface area (Å²) in [5.74, 6) is -1.54. The Labute approximate surface area is 113 Å². The van der Waals surface area contributed by atoms with Crippen LogP contribution in [0.15, 0.2) is 29.4 Å². The lowest BCUT2D eigenvalue weighted by molar-refractivity contribution is -0.385. The monoisotopic (exact) mass is 277 g/mol. The van der Waals surface area contributed by atoms with Crippen molar-refractivity contribution < 1.29 is 19.6 Å². The van der Waals surface area contributed by atoms with Crippen molar-refractivity contribution in [1.29, 1.82) is 0 Å². The van der Waals surface area contributed by atoms with Crippen molar-refractivity contribution in [2.24, 2.45) is 5.10 Å². The summed E-state index contributed by atoms with van der Waals surface area (Å²) >= 11 is 0. The minimum atomic E-state index is -1.19. The lowest BCUT2D eigenvalue weighted by Crippen LogP contribution is -2.34. The molecule has 0 saturated carbocycles. The Hall–Kier alpha value is -2.77. The van der Waals surface area contributed by atoms with Crippen LogP contribution in [-0.4, -0.2) is 32.6 Å². The quantitative estimate of drug-likeness (QED) is 0.655. The zero-order valence-corrected chi connectivity index (χ0v) is 10.4. The number of hydrazone groups is 1. The smallest absolute Gasteiger partial charge is 0.352 e. The van der Waals surface area contributed by atoms with E-state index >= 15 is 0 Å². The molecule has 1 aromatic carbocycles. The largest absolute Gasteiger partial charge is 0.477 e. The van der Waals surface area contributed by atoms with E-state index in [-0.39, 0.29) is 36.7 Å². The number of carbonyl (C=O) groups excluding carboxylic acids is 1. The predicted octanol–water partition coefficient (Wildman–Crippen LogP) is 1.16. The van der Waals surface area contributed by atoms with E-state index in [4.69, 9.17) is 5.11 Å². The number of hydrogen-bond donors (Lipinski definition) is 1. The van der Waals surface area contributed by atoms with Gasteiger partial charge in [-0.25, -0.2) is 9.80 Å². The van der Waals surface area contributed by atoms with Gasteiger partial charge in [-0.1, -0.05) is 18.2 Å². The highest BCUT2D eigenvalue weighted by molar-refractivity contribution is 6.36. The normalized spacial score (nSPS) is 14.9. The van der Waals surface area contributed by atoms with Gasteiger partial charge in [0.05, 0.1) is 17.0 Å². The van der Waals surface area contributed by atoms with E-state index in [0.717, 1.165) is 5.01 Å². The summed E-state index contributed by atoms with van der Waals surface area (Å²) in [5.41, 5.74) is 0.0578. The van der Waals surface area contributed by atoms with Gasteiger partial charge in [0, 0.05) is 18.9 Å². The van der Waals surface area contributed by atoms with Crippen molar-refractivity contribution in [2.75, 3.05) is 0 Å². The molecule has 1 aromatic rings. The molecule has 0 bridgehead atoms. The summed E-state index contributed by atoms with van der Waals surface area (Å²) in [6.45, 7) is -0.118. The zero-order valence-electron chi connectivity index (χ0n) is 10.4. The van der Waals surface area contributed by atoms with Gasteiger partial charge in [0.25, 0.3) is 5.69 Å². The molecule has 0 aliphatic carbocycles. The van der Waals surface area contributed by atoms with Crippen LogP contribution in [0.5, 0.6) is 0 Å². The zero-order chi connectivity index (χ0) is 14.7. The van der Waals surface area contributed by atoms with Gasteiger partial charge in [0.2, 0.25) is 5.91 Å². The maximum Gasteiger partial charge on any atom is 0.352 e. The van der Waals surface area contributed by atoms with Crippen LogP contribution < -0.4 is 0 Å². The molecule has 8 heteroatoms. The first-order valence-corrected chi connectivity index (χ1v) is 5.82. The number of benzene rings is 1. The van der Waals surface area contributed by atoms with Crippen LogP contribution in [0.25, 0.3) is 0 Å². The number of carboxylic acids is 1. The van der Waals surface area contributed by atoms with Crippen molar-refractivity contribution in [3.05, 3.63) is 39.9 Å². The SMILES string of the molecule is O=C(O)C1=NN(Cc2ccccc2[N+](=O)[O-])C(=O)CC1. The second-order valence-corrected chi connectivity index (χ2v) is 4.19. The highest BCUT2D eigenvalue weighted by Gasteiger charge is 2.26. The summed E-state index contributed by atoms with van der Waals surface area (Å²) in [7, 11) is 0. The Balaban J connectivity index is 2.29. The number of nitro benzene ring substituents is 1. The summed E-state index contributed by atoms with van der Waals surface area (Å²) in [6.07, 6.45) is 0.104. The van der Waals surface area contributed by atoms with E-state index in [0.29, 0.717) is 5.56 Å². The number of aliphatic carboxylic acids is 1. The fourth-order valence-electron chi connectivity index (χ4n) is 1.86. The Kier molecular flexibility index (Phi) is 3.74. The Bertz CT molecular complexity index is 611. The molecule has 1 N–H and O–H groups in total. The lowest BCUT2D eigenvalue weighted by Gasteiger charge is -2.21. The van der Waals surface area contributed by atoms with Gasteiger partial charge in [-0.05, 0) is 0 Å². The average Bonchev–Trinajstić information content (AvgIpc) is 2.41. The van der Waals surface area contributed by atoms with Gasteiger partial charge in [0.1, 0.15) is 5.71 Å². The molecular weight excluding hydrogens is 266 g/mol. The molecule has 0 aromatic heterocycles. The predicted molar refractivity (Wildman–Crippen MR) is 68.0 cm³/mol. The first-order valence-electron chi connectivity index (χ1n) is 5.82. The van der Waals surface area contributed by atoms with Crippen LogP contribution in [0.2, 0.25) is 0 Å². The molecule has 0 saturated heterocycles. The molecule has 1 heterocycles. The van der Waals surface area contributed by atoms with E-state index in [1.54, 1.807) is 6.07 Å². The molecule has 0 atom stereocenters. The Morgan fingerprint density at radius 2 is 2.10 bits per heavy atom. The molecule has 8 nitrogen and oxygen atoms in total. The molecule has 0 radical (unpaired) electrons. The summed E-state index contributed by atoms with van der Waals surface area (Å²) in [4.78, 5) is 32.9. The van der Waals surface area contributed by atoms with Gasteiger partial charge in [0.15, 0.2) is 0 Å². The number of carboxylic acid groups (broad SMARTS) is 1. The number of amides is 1. The molecule has 20 heavy (non-hydrogen) atoms. The minimum Gasteiger partial charge on any atom is -0.477 e. The Morgan fingerprint density at radius 1 is 1.40 bits per heavy atom. The van der Waals surface area contributed by atoms with Crippen molar-refractivity contribution in [3.8, 4) is 0 Å². The van der Waals surface area contributed by atoms with Gasteiger partial charge >= 0.3 is 5.97 Å². The van der Waals surface area contributed by atoms with Crippen molar-refractivity contribution in [1.82, 2.24) is 5.01 Å². The second kappa shape index (κ2) is 5.47. The lowest BCUT2D eigenvalue weighted by atomic mass is 10.1. The third-order valence-electron chi connectivity index (χ3n) is 2.86. The van der Waals surface area contributed by atoms with Crippen molar-refractivity contribution in [2.45, 2.75) is 19.4 Å². The van der Waals surface area contributed by atoms with Crippen molar-refractivity contribution >= 4 is 23.3 Å². The van der Waals surface area contributed by atoms with Gasteiger partial charge in [-0.2, -0.15) is 5.10 Å². The first-order chi connectivity index (χ1) is 9.49. The molecule has 2 rings (SSSR count). The molecule has 1 aliphatic rings. The fourth-order valence-corrected chi connectivity index (χ4v) is 1.86. The first kappa shape index (κ1) is 13.7. The van der Waals surface area contributed by atoms with Crippen LogP contribution in [0.4, 0.5) is 5.69 Å². The maximum absolute atomic E-state index is 11.7. The third kappa shape index (κ3) is 2.79. The Morgan fingerprint density at radius 3 is 2.75 bits per heavy atom. The molecule has 1 aliphatic heterocycles. The van der Waals surface area contributed by atoms with Gasteiger partial charge < -0.3 is 5.11 Å². The molecule has 104 valence electrons. The maximum atomic E-state index is 11.7. The van der Waals surface area contributed by atoms with E-state index in [9.17, 15) is 19.7 Å². The molecule has 1 amide bonds. The number of carbonyl (C=O) groups is 2. The van der Waals surface area contributed by atoms with E-state index in [2.05, 4.69) is 5.10 Å². The molecule has 0 unspecified atom stereocenters. The highest BCUT2D eigenvalue weighted by atomic mass is 16.6. The summed E-state index contributed by atoms with van der Waals surface area (Å²) in [5, 5.41) is 24.5. The third-order valence-corrected chi connectivity index (χ3v) is 2.86.